The number of nitro benzene ring substituents is 1. The van der Waals surface area contributed by atoms with Crippen molar-refractivity contribution in [3.8, 4) is 0 Å². The van der Waals surface area contributed by atoms with Crippen molar-refractivity contribution in [1.82, 2.24) is 4.98 Å². The average Bonchev–Trinajstić information content (AvgIpc) is 2.41. The van der Waals surface area contributed by atoms with Crippen LogP contribution >= 0.6 is 15.9 Å². The highest BCUT2D eigenvalue weighted by molar-refractivity contribution is 9.10. The van der Waals surface area contributed by atoms with E-state index in [1.165, 1.54) is 12.1 Å². The van der Waals surface area contributed by atoms with E-state index in [0.29, 0.717) is 21.4 Å². The number of carbonyl (C=O) groups excluding carboxylic acids is 1. The number of anilines is 1. The normalized spacial score (nSPS) is 10.1. The summed E-state index contributed by atoms with van der Waals surface area (Å²) in [6, 6.07) is 7.79. The van der Waals surface area contributed by atoms with Gasteiger partial charge in [-0.3, -0.25) is 14.9 Å². The summed E-state index contributed by atoms with van der Waals surface area (Å²) in [5, 5.41) is 13.5. The molecule has 20 heavy (non-hydrogen) atoms. The zero-order chi connectivity index (χ0) is 14.7. The molecule has 6 nitrogen and oxygen atoms in total. The second-order valence-corrected chi connectivity index (χ2v) is 4.75. The van der Waals surface area contributed by atoms with Gasteiger partial charge < -0.3 is 5.32 Å². The van der Waals surface area contributed by atoms with Gasteiger partial charge in [0.1, 0.15) is 4.60 Å². The van der Waals surface area contributed by atoms with Crippen molar-refractivity contribution in [1.29, 1.82) is 0 Å². The lowest BCUT2D eigenvalue weighted by atomic mass is 10.1. The summed E-state index contributed by atoms with van der Waals surface area (Å²) in [6.07, 6.45) is 1.56. The second-order valence-electron chi connectivity index (χ2n) is 4.00. The van der Waals surface area contributed by atoms with Crippen molar-refractivity contribution in [2.75, 3.05) is 5.32 Å². The topological polar surface area (TPSA) is 85.1 Å². The molecule has 0 aliphatic heterocycles. The van der Waals surface area contributed by atoms with Crippen molar-refractivity contribution >= 4 is 33.2 Å². The van der Waals surface area contributed by atoms with E-state index in [0.717, 1.165) is 0 Å². The monoisotopic (exact) mass is 335 g/mol. The van der Waals surface area contributed by atoms with Gasteiger partial charge in [-0.25, -0.2) is 4.98 Å². The summed E-state index contributed by atoms with van der Waals surface area (Å²) in [5.41, 5.74) is 1.14. The summed E-state index contributed by atoms with van der Waals surface area (Å²) in [4.78, 5) is 26.5. The maximum absolute atomic E-state index is 12.1. The van der Waals surface area contributed by atoms with Crippen molar-refractivity contribution in [3.63, 3.8) is 0 Å². The van der Waals surface area contributed by atoms with Gasteiger partial charge in [0.15, 0.2) is 0 Å². The first-order valence-corrected chi connectivity index (χ1v) is 6.46. The van der Waals surface area contributed by atoms with E-state index in [4.69, 9.17) is 0 Å². The van der Waals surface area contributed by atoms with E-state index in [-0.39, 0.29) is 11.6 Å². The first kappa shape index (κ1) is 14.1. The molecule has 0 fully saturated rings. The summed E-state index contributed by atoms with van der Waals surface area (Å²) in [6.45, 7) is 1.59. The molecule has 0 radical (unpaired) electrons. The fraction of sp³-hybridized carbons (Fsp3) is 0.0769. The number of hydrogen-bond acceptors (Lipinski definition) is 4. The standard InChI is InChI=1S/C13H10BrN3O3/c1-8-10(5-2-6-11(8)17(19)20)16-13(18)9-4-3-7-15-12(9)14/h2-7H,1H3,(H,16,18). The Kier molecular flexibility index (Phi) is 4.09. The number of pyridine rings is 1. The number of hydrogen-bond donors (Lipinski definition) is 1. The Morgan fingerprint density at radius 1 is 1.35 bits per heavy atom. The smallest absolute Gasteiger partial charge is 0.274 e. The molecule has 2 rings (SSSR count). The van der Waals surface area contributed by atoms with Crippen LogP contribution in [0.4, 0.5) is 11.4 Å². The van der Waals surface area contributed by atoms with Gasteiger partial charge in [-0.05, 0) is 41.1 Å². The molecule has 0 bridgehead atoms. The Labute approximate surface area is 123 Å². The molecule has 1 aromatic carbocycles. The van der Waals surface area contributed by atoms with Crippen LogP contribution in [0.2, 0.25) is 0 Å². The SMILES string of the molecule is Cc1c(NC(=O)c2cccnc2Br)cccc1[N+](=O)[O-]. The van der Waals surface area contributed by atoms with Gasteiger partial charge in [-0.2, -0.15) is 0 Å². The lowest BCUT2D eigenvalue weighted by Crippen LogP contribution is -2.14. The van der Waals surface area contributed by atoms with Gasteiger partial charge in [-0.15, -0.1) is 0 Å². The Balaban J connectivity index is 2.32. The van der Waals surface area contributed by atoms with Crippen LogP contribution in [-0.4, -0.2) is 15.8 Å². The molecule has 1 aromatic heterocycles. The van der Waals surface area contributed by atoms with Crippen molar-refractivity contribution < 1.29 is 9.72 Å². The number of nitrogens with one attached hydrogen (secondary N) is 1. The lowest BCUT2D eigenvalue weighted by molar-refractivity contribution is -0.385. The number of rotatable bonds is 3. The van der Waals surface area contributed by atoms with E-state index < -0.39 is 4.92 Å². The van der Waals surface area contributed by atoms with Gasteiger partial charge in [0, 0.05) is 12.3 Å². The minimum atomic E-state index is -0.481. The molecular formula is C13H10BrN3O3. The molecule has 0 aliphatic rings. The number of halogens is 1. The van der Waals surface area contributed by atoms with Crippen LogP contribution < -0.4 is 5.32 Å². The third-order valence-corrected chi connectivity index (χ3v) is 3.39. The predicted molar refractivity (Wildman–Crippen MR) is 77.7 cm³/mol. The number of aromatic nitrogens is 1. The number of nitro groups is 1. The molecule has 0 unspecified atom stereocenters. The second kappa shape index (κ2) is 5.79. The Morgan fingerprint density at radius 3 is 2.75 bits per heavy atom. The van der Waals surface area contributed by atoms with Crippen LogP contribution in [0, 0.1) is 17.0 Å². The van der Waals surface area contributed by atoms with Gasteiger partial charge in [0.05, 0.1) is 21.7 Å². The Hall–Kier alpha value is -2.28. The number of carbonyl (C=O) groups is 1. The van der Waals surface area contributed by atoms with Gasteiger partial charge >= 0.3 is 0 Å². The minimum absolute atomic E-state index is 0.0342. The highest BCUT2D eigenvalue weighted by Gasteiger charge is 2.16. The average molecular weight is 336 g/mol. The van der Waals surface area contributed by atoms with Crippen LogP contribution in [0.5, 0.6) is 0 Å². The van der Waals surface area contributed by atoms with E-state index in [1.807, 2.05) is 0 Å². The largest absolute Gasteiger partial charge is 0.321 e. The molecule has 2 aromatic rings. The summed E-state index contributed by atoms with van der Waals surface area (Å²) in [7, 11) is 0. The number of benzene rings is 1. The summed E-state index contributed by atoms with van der Waals surface area (Å²) >= 11 is 3.19. The van der Waals surface area contributed by atoms with Gasteiger partial charge in [0.25, 0.3) is 11.6 Å². The fourth-order valence-electron chi connectivity index (χ4n) is 1.70. The molecule has 1 amide bonds. The molecule has 1 heterocycles. The zero-order valence-electron chi connectivity index (χ0n) is 10.5. The molecule has 0 spiro atoms. The number of nitrogens with zero attached hydrogens (tertiary/aromatic N) is 2. The van der Waals surface area contributed by atoms with Crippen LogP contribution in [0.1, 0.15) is 15.9 Å². The lowest BCUT2D eigenvalue weighted by Gasteiger charge is -2.09. The predicted octanol–water partition coefficient (Wildman–Crippen LogP) is 3.31. The molecule has 0 atom stereocenters. The Morgan fingerprint density at radius 2 is 2.10 bits per heavy atom. The quantitative estimate of drug-likeness (QED) is 0.529. The van der Waals surface area contributed by atoms with E-state index in [2.05, 4.69) is 26.2 Å². The van der Waals surface area contributed by atoms with Gasteiger partial charge in [0.2, 0.25) is 0 Å². The molecule has 1 N–H and O–H groups in total. The van der Waals surface area contributed by atoms with Crippen LogP contribution in [0.25, 0.3) is 0 Å². The fourth-order valence-corrected chi connectivity index (χ4v) is 2.13. The maximum atomic E-state index is 12.1. The van der Waals surface area contributed by atoms with Gasteiger partial charge in [-0.1, -0.05) is 6.07 Å². The molecule has 7 heteroatoms. The first-order valence-electron chi connectivity index (χ1n) is 5.66. The van der Waals surface area contributed by atoms with E-state index >= 15 is 0 Å². The molecule has 102 valence electrons. The maximum Gasteiger partial charge on any atom is 0.274 e. The van der Waals surface area contributed by atoms with Crippen molar-refractivity contribution in [2.24, 2.45) is 0 Å². The van der Waals surface area contributed by atoms with Crippen LogP contribution in [0.3, 0.4) is 0 Å². The minimum Gasteiger partial charge on any atom is -0.321 e. The molecular weight excluding hydrogens is 326 g/mol. The number of amides is 1. The van der Waals surface area contributed by atoms with Crippen molar-refractivity contribution in [3.05, 3.63) is 62.4 Å². The molecule has 0 saturated heterocycles. The highest BCUT2D eigenvalue weighted by Crippen LogP contribution is 2.26. The Bertz CT molecular complexity index is 688. The third-order valence-electron chi connectivity index (χ3n) is 2.75. The van der Waals surface area contributed by atoms with E-state index in [9.17, 15) is 14.9 Å². The van der Waals surface area contributed by atoms with Crippen LogP contribution in [0.15, 0.2) is 41.1 Å². The third kappa shape index (κ3) is 2.83. The molecule has 0 aliphatic carbocycles. The zero-order valence-corrected chi connectivity index (χ0v) is 12.0. The molecule has 0 saturated carbocycles. The summed E-state index contributed by atoms with van der Waals surface area (Å²) in [5.74, 6) is -0.381. The summed E-state index contributed by atoms with van der Waals surface area (Å²) < 4.78 is 0.417. The van der Waals surface area contributed by atoms with E-state index in [1.54, 1.807) is 31.3 Å². The first-order chi connectivity index (χ1) is 9.50. The van der Waals surface area contributed by atoms with Crippen LogP contribution in [-0.2, 0) is 0 Å². The highest BCUT2D eigenvalue weighted by atomic mass is 79.9. The van der Waals surface area contributed by atoms with Crippen molar-refractivity contribution in [2.45, 2.75) is 6.92 Å².